The highest BCUT2D eigenvalue weighted by atomic mass is 35.5. The van der Waals surface area contributed by atoms with Crippen molar-refractivity contribution in [3.05, 3.63) is 270 Å². The quantitative estimate of drug-likeness (QED) is 0.0204. The molecule has 0 amide bonds. The second-order valence-corrected chi connectivity index (χ2v) is 30.1. The van der Waals surface area contributed by atoms with Crippen LogP contribution in [0, 0.1) is 0 Å². The number of halogens is 8. The van der Waals surface area contributed by atoms with Gasteiger partial charge in [0.2, 0.25) is 0 Å². The molecular formula is C84H72Cl8N22OS. The van der Waals surface area contributed by atoms with E-state index < -0.39 is 0 Å². The molecule has 0 unspecified atom stereocenters. The van der Waals surface area contributed by atoms with Crippen molar-refractivity contribution in [2.45, 2.75) is 25.7 Å². The van der Waals surface area contributed by atoms with Crippen LogP contribution in [-0.4, -0.2) is 123 Å². The highest BCUT2D eigenvalue weighted by Gasteiger charge is 2.18. The first-order chi connectivity index (χ1) is 56.8. The normalized spacial score (nSPS) is 11.0. The van der Waals surface area contributed by atoms with Gasteiger partial charge < -0.3 is 47.1 Å². The maximum absolute atomic E-state index is 6.40. The Morgan fingerprint density at radius 2 is 0.690 bits per heavy atom. The van der Waals surface area contributed by atoms with E-state index >= 15 is 0 Å². The van der Waals surface area contributed by atoms with Gasteiger partial charge in [0.15, 0.2) is 40.1 Å². The van der Waals surface area contributed by atoms with Crippen molar-refractivity contribution >= 4 is 205 Å². The van der Waals surface area contributed by atoms with E-state index in [1.165, 1.54) is 6.26 Å². The van der Waals surface area contributed by atoms with Gasteiger partial charge in [-0.2, -0.15) is 10.2 Å². The Hall–Kier alpha value is -11.4. The smallest absolute Gasteiger partial charge is 0.182 e. The van der Waals surface area contributed by atoms with Gasteiger partial charge >= 0.3 is 0 Å². The molecule has 0 spiro atoms. The molecule has 9 aromatic carbocycles. The summed E-state index contributed by atoms with van der Waals surface area (Å²) >= 11 is 51.2. The van der Waals surface area contributed by atoms with Gasteiger partial charge in [0.05, 0.1) is 53.9 Å². The molecule has 8 heterocycles. The third-order valence-corrected chi connectivity index (χ3v) is 20.6. The van der Waals surface area contributed by atoms with Gasteiger partial charge in [-0.1, -0.05) is 159 Å². The van der Waals surface area contributed by atoms with Gasteiger partial charge in [-0.15, -0.1) is 11.3 Å². The lowest BCUT2D eigenvalue weighted by Crippen LogP contribution is -2.11. The number of nitrogens with zero attached hydrogens (tertiary/aromatic N) is 12. The van der Waals surface area contributed by atoms with Gasteiger partial charge in [0.25, 0.3) is 0 Å². The summed E-state index contributed by atoms with van der Waals surface area (Å²) in [7, 11) is 0. The lowest BCUT2D eigenvalue weighted by atomic mass is 10.1. The number of benzene rings is 9. The molecule has 0 fully saturated rings. The molecule has 0 radical (unpaired) electrons. The van der Waals surface area contributed by atoms with Crippen molar-refractivity contribution in [2.75, 3.05) is 94.9 Å². The Morgan fingerprint density at radius 3 is 1.05 bits per heavy atom. The number of hydrogen-bond donors (Lipinski definition) is 10. The van der Waals surface area contributed by atoms with Crippen LogP contribution in [0.3, 0.4) is 0 Å². The molecule has 0 aliphatic rings. The molecule has 0 atom stereocenters. The summed E-state index contributed by atoms with van der Waals surface area (Å²) in [5.74, 6) is 7.90. The summed E-state index contributed by atoms with van der Waals surface area (Å²) in [5, 5.41) is 57.2. The Bertz CT molecular complexity index is 5710. The van der Waals surface area contributed by atoms with Crippen LogP contribution in [0.5, 0.6) is 0 Å². The van der Waals surface area contributed by atoms with Crippen LogP contribution in [0.15, 0.2) is 235 Å². The van der Waals surface area contributed by atoms with E-state index in [4.69, 9.17) is 122 Å². The number of rotatable bonds is 28. The Kier molecular flexibility index (Phi) is 28.2. The lowest BCUT2D eigenvalue weighted by Gasteiger charge is -2.12. The molecule has 0 saturated heterocycles. The molecule has 23 nitrogen and oxygen atoms in total. The van der Waals surface area contributed by atoms with Crippen molar-refractivity contribution in [2.24, 2.45) is 0 Å². The predicted molar refractivity (Wildman–Crippen MR) is 480 cm³/mol. The first-order valence-corrected chi connectivity index (χ1v) is 40.7. The minimum atomic E-state index is 0.519. The molecule has 0 aliphatic heterocycles. The number of fused-ring (bicyclic) bond motifs is 5. The molecular weight excluding hydrogens is 1650 g/mol. The average Bonchev–Trinajstić information content (AvgIpc) is 1.29. The fourth-order valence-corrected chi connectivity index (χ4v) is 14.6. The maximum atomic E-state index is 6.40. The predicted octanol–water partition coefficient (Wildman–Crippen LogP) is 23.1. The number of hydrogen-bond acceptors (Lipinski definition) is 22. The first kappa shape index (κ1) is 81.2. The number of anilines is 8. The first-order valence-electron chi connectivity index (χ1n) is 36.8. The van der Waals surface area contributed by atoms with Crippen molar-refractivity contribution in [1.29, 1.82) is 0 Å². The molecule has 586 valence electrons. The Labute approximate surface area is 710 Å². The van der Waals surface area contributed by atoms with Crippen LogP contribution < -0.4 is 42.5 Å². The average molecular weight is 1720 g/mol. The van der Waals surface area contributed by atoms with Crippen LogP contribution >= 0.6 is 104 Å². The fourth-order valence-electron chi connectivity index (χ4n) is 12.1. The van der Waals surface area contributed by atoms with E-state index in [-0.39, 0.29) is 0 Å². The topological polar surface area (TPSA) is 296 Å². The van der Waals surface area contributed by atoms with Crippen molar-refractivity contribution < 1.29 is 4.52 Å². The van der Waals surface area contributed by atoms with Gasteiger partial charge in [-0.05, 0) is 165 Å². The minimum Gasteiger partial charge on any atom is -0.370 e. The number of H-pyrrole nitrogens is 2. The molecule has 32 heteroatoms. The molecule has 0 aliphatic carbocycles. The summed E-state index contributed by atoms with van der Waals surface area (Å²) < 4.78 is 4.80. The molecule has 116 heavy (non-hydrogen) atoms. The number of aromatic nitrogens is 14. The van der Waals surface area contributed by atoms with Gasteiger partial charge in [-0.3, -0.25) is 10.2 Å². The molecule has 17 rings (SSSR count). The number of para-hydroxylation sites is 5. The monoisotopic (exact) mass is 1720 g/mol. The second-order valence-electron chi connectivity index (χ2n) is 25.8. The molecule has 8 aromatic heterocycles. The van der Waals surface area contributed by atoms with Crippen LogP contribution in [0.2, 0.25) is 40.2 Å². The van der Waals surface area contributed by atoms with E-state index in [0.717, 1.165) is 201 Å². The van der Waals surface area contributed by atoms with Gasteiger partial charge in [0, 0.05) is 139 Å². The summed E-state index contributed by atoms with van der Waals surface area (Å²) in [6, 6.07) is 64.7. The van der Waals surface area contributed by atoms with Gasteiger partial charge in [0.1, 0.15) is 35.4 Å². The zero-order chi connectivity index (χ0) is 80.0. The van der Waals surface area contributed by atoms with Crippen LogP contribution in [-0.2, 0) is 0 Å². The Balaban J connectivity index is 0.000000128. The summed E-state index contributed by atoms with van der Waals surface area (Å²) in [5.41, 5.74) is 7.44. The molecule has 10 N–H and O–H groups in total. The largest absolute Gasteiger partial charge is 0.370 e. The molecule has 0 saturated carbocycles. The number of thiazole rings is 1. The third kappa shape index (κ3) is 21.6. The van der Waals surface area contributed by atoms with Crippen molar-refractivity contribution in [1.82, 2.24) is 70.4 Å². The SMILES string of the molecule is Clc1ccc(-c2nc(NCCCNc3ccn[nH]3)c3ccccc3n2)c(Cl)c1.Clc1ccc(-c2nc(NCCCNc3ccon3)c3ccccc3n2)c(Cl)c1.Clc1ccc(-c2nc(NCCCNc3n[nH]c4ccccc34)c3ccccc3n2)c(Cl)c1.Clc1ccc(-c2nc(NCCCNc3nccs3)c3ccccc3n2)c(Cl)c1. The van der Waals surface area contributed by atoms with Crippen LogP contribution in [0.4, 0.5) is 45.9 Å². The van der Waals surface area contributed by atoms with Crippen LogP contribution in [0.1, 0.15) is 25.7 Å². The standard InChI is InChI=1S/C24H20Cl2N6.C20H18Cl2N6.C20H17Cl2N5O.C20H17Cl2N5S/c25-15-10-11-16(19(26)14-15)24-29-20-8-3-1-6-17(20)22(30-24)27-12-5-13-28-23-18-7-2-4-9-21(18)31-32-23;21-13-6-7-14(16(22)12-13)20-26-17-5-2-1-4-15(17)19(27-20)24-10-3-9-23-18-8-11-25-28-18;21-13-6-7-14(16(22)12-13)20-25-17-5-2-1-4-15(17)19(26-20)24-10-3-9-23-18-8-11-28-27-18;21-13-6-7-14(16(22)12-13)19-26-17-5-2-1-4-15(17)18(27-19)23-8-3-9-24-20-25-10-11-28-20/h1-4,6-11,14H,5,12-13H2,(H,27,29,30)(H2,28,31,32);1-2,4-8,11-12H,3,9-10H2,(H2,23,25,28)(H,24,26,27);1-2,4-8,11-12H,3,9-10H2,(H,23,27)(H,24,25,26);1-2,4-7,10-12H,3,8-9H2,(H,24,25)(H,23,26,27). The van der Waals surface area contributed by atoms with Crippen molar-refractivity contribution in [3.63, 3.8) is 0 Å². The van der Waals surface area contributed by atoms with Crippen molar-refractivity contribution in [3.8, 4) is 45.6 Å². The highest BCUT2D eigenvalue weighted by Crippen LogP contribution is 2.37. The zero-order valence-electron chi connectivity index (χ0n) is 61.6. The minimum absolute atomic E-state index is 0.519. The Morgan fingerprint density at radius 1 is 0.328 bits per heavy atom. The summed E-state index contributed by atoms with van der Waals surface area (Å²) in [6.45, 7) is 6.19. The zero-order valence-corrected chi connectivity index (χ0v) is 68.5. The second kappa shape index (κ2) is 40.2. The summed E-state index contributed by atoms with van der Waals surface area (Å²) in [4.78, 5) is 41.9. The van der Waals surface area contributed by atoms with E-state index in [1.54, 1.807) is 78.3 Å². The van der Waals surface area contributed by atoms with E-state index in [0.29, 0.717) is 63.5 Å². The van der Waals surface area contributed by atoms with E-state index in [2.05, 4.69) is 94.1 Å². The molecule has 0 bridgehead atoms. The van der Waals surface area contributed by atoms with Gasteiger partial charge in [-0.25, -0.2) is 44.9 Å². The van der Waals surface area contributed by atoms with E-state index in [9.17, 15) is 0 Å². The number of nitrogens with one attached hydrogen (secondary N) is 10. The third-order valence-electron chi connectivity index (χ3n) is 17.7. The van der Waals surface area contributed by atoms with Crippen LogP contribution in [0.25, 0.3) is 100 Å². The number of aromatic amines is 2. The fraction of sp³-hybridized carbons (Fsp3) is 0.143. The molecule has 17 aromatic rings. The highest BCUT2D eigenvalue weighted by molar-refractivity contribution is 7.13. The maximum Gasteiger partial charge on any atom is 0.182 e. The lowest BCUT2D eigenvalue weighted by molar-refractivity contribution is 0.422. The summed E-state index contributed by atoms with van der Waals surface area (Å²) in [6.07, 6.45) is 8.65. The van der Waals surface area contributed by atoms with E-state index in [1.807, 2.05) is 151 Å².